The van der Waals surface area contributed by atoms with Gasteiger partial charge in [0, 0.05) is 28.9 Å². The summed E-state index contributed by atoms with van der Waals surface area (Å²) in [4.78, 5) is 5.31. The number of thiophene rings is 1. The first-order valence-electron chi connectivity index (χ1n) is 7.77. The van der Waals surface area contributed by atoms with E-state index in [1.54, 1.807) is 0 Å². The molecule has 1 fully saturated rings. The molecule has 4 heteroatoms. The molecule has 3 nitrogen and oxygen atoms in total. The van der Waals surface area contributed by atoms with Crippen LogP contribution in [-0.2, 0) is 4.74 Å². The number of hydrogen-bond donors (Lipinski definition) is 1. The summed E-state index contributed by atoms with van der Waals surface area (Å²) in [6.07, 6.45) is 1.41. The van der Waals surface area contributed by atoms with E-state index in [2.05, 4.69) is 50.0 Å². The molecule has 0 spiro atoms. The highest BCUT2D eigenvalue weighted by Gasteiger charge is 2.30. The van der Waals surface area contributed by atoms with Crippen LogP contribution in [0.5, 0.6) is 0 Å². The molecule has 0 saturated carbocycles. The van der Waals surface area contributed by atoms with E-state index < -0.39 is 0 Å². The Kier molecular flexibility index (Phi) is 6.02. The summed E-state index contributed by atoms with van der Waals surface area (Å²) < 4.78 is 6.08. The molecular weight excluding hydrogens is 268 g/mol. The maximum Gasteiger partial charge on any atom is 0.0905 e. The summed E-state index contributed by atoms with van der Waals surface area (Å²) in [6.45, 7) is 12.9. The second-order valence-electron chi connectivity index (χ2n) is 5.88. The fraction of sp³-hybridized carbons (Fsp3) is 0.750. The monoisotopic (exact) mass is 296 g/mol. The fourth-order valence-electron chi connectivity index (χ4n) is 2.70. The molecule has 2 unspecified atom stereocenters. The van der Waals surface area contributed by atoms with E-state index in [0.29, 0.717) is 12.1 Å². The lowest BCUT2D eigenvalue weighted by Gasteiger charge is -2.39. The van der Waals surface area contributed by atoms with E-state index in [9.17, 15) is 0 Å². The van der Waals surface area contributed by atoms with Crippen molar-refractivity contribution in [3.8, 4) is 0 Å². The third-order valence-corrected chi connectivity index (χ3v) is 4.99. The maximum absolute atomic E-state index is 6.08. The van der Waals surface area contributed by atoms with Crippen LogP contribution >= 0.6 is 11.3 Å². The van der Waals surface area contributed by atoms with Gasteiger partial charge in [-0.3, -0.25) is 4.90 Å². The third-order valence-electron chi connectivity index (χ3n) is 3.91. The summed E-state index contributed by atoms with van der Waals surface area (Å²) in [5.74, 6) is 0. The predicted octanol–water partition coefficient (Wildman–Crippen LogP) is 3.21. The van der Waals surface area contributed by atoms with Crippen LogP contribution in [0.2, 0.25) is 0 Å². The zero-order valence-electron chi connectivity index (χ0n) is 13.2. The SMILES string of the molecule is CCCNC(c1ccc(C)s1)C1CN(C(C)C)CCO1. The molecule has 0 aromatic carbocycles. The van der Waals surface area contributed by atoms with Gasteiger partial charge in [-0.05, 0) is 45.9 Å². The molecule has 1 aliphatic rings. The molecule has 1 N–H and O–H groups in total. The van der Waals surface area contributed by atoms with Gasteiger partial charge in [0.2, 0.25) is 0 Å². The molecule has 114 valence electrons. The molecule has 0 aliphatic carbocycles. The van der Waals surface area contributed by atoms with Crippen molar-refractivity contribution in [3.63, 3.8) is 0 Å². The minimum atomic E-state index is 0.260. The van der Waals surface area contributed by atoms with E-state index in [4.69, 9.17) is 4.74 Å². The van der Waals surface area contributed by atoms with Crippen molar-refractivity contribution in [1.82, 2.24) is 10.2 Å². The van der Waals surface area contributed by atoms with E-state index in [-0.39, 0.29) is 6.10 Å². The van der Waals surface area contributed by atoms with Crippen molar-refractivity contribution in [3.05, 3.63) is 21.9 Å². The lowest BCUT2D eigenvalue weighted by molar-refractivity contribution is -0.0555. The van der Waals surface area contributed by atoms with Gasteiger partial charge >= 0.3 is 0 Å². The molecule has 1 aromatic heterocycles. The van der Waals surface area contributed by atoms with Crippen LogP contribution < -0.4 is 5.32 Å². The molecule has 2 rings (SSSR count). The topological polar surface area (TPSA) is 24.5 Å². The summed E-state index contributed by atoms with van der Waals surface area (Å²) in [5, 5.41) is 3.69. The highest BCUT2D eigenvalue weighted by Crippen LogP contribution is 2.28. The molecular formula is C16H28N2OS. The highest BCUT2D eigenvalue weighted by atomic mass is 32.1. The molecule has 1 aliphatic heterocycles. The van der Waals surface area contributed by atoms with Crippen LogP contribution in [0, 0.1) is 6.92 Å². The number of rotatable bonds is 6. The lowest BCUT2D eigenvalue weighted by atomic mass is 10.1. The van der Waals surface area contributed by atoms with Crippen LogP contribution in [0.4, 0.5) is 0 Å². The third kappa shape index (κ3) is 4.04. The van der Waals surface area contributed by atoms with Crippen LogP contribution in [-0.4, -0.2) is 43.3 Å². The van der Waals surface area contributed by atoms with E-state index in [0.717, 1.165) is 32.7 Å². The molecule has 0 bridgehead atoms. The van der Waals surface area contributed by atoms with Crippen molar-refractivity contribution >= 4 is 11.3 Å². The number of nitrogens with zero attached hydrogens (tertiary/aromatic N) is 1. The Morgan fingerprint density at radius 1 is 1.45 bits per heavy atom. The Hall–Kier alpha value is -0.420. The van der Waals surface area contributed by atoms with Crippen molar-refractivity contribution in [2.75, 3.05) is 26.2 Å². The zero-order valence-corrected chi connectivity index (χ0v) is 14.0. The van der Waals surface area contributed by atoms with Crippen molar-refractivity contribution in [2.24, 2.45) is 0 Å². The maximum atomic E-state index is 6.08. The van der Waals surface area contributed by atoms with Gasteiger partial charge in [-0.1, -0.05) is 6.92 Å². The fourth-order valence-corrected chi connectivity index (χ4v) is 3.71. The standard InChI is InChI=1S/C16H28N2OS/c1-5-8-17-16(15-7-6-13(4)20-15)14-11-18(12(2)3)9-10-19-14/h6-7,12,14,16-17H,5,8-11H2,1-4H3. The average Bonchev–Trinajstić information content (AvgIpc) is 2.86. The van der Waals surface area contributed by atoms with Gasteiger partial charge in [-0.2, -0.15) is 0 Å². The number of hydrogen-bond acceptors (Lipinski definition) is 4. The summed E-state index contributed by atoms with van der Waals surface area (Å²) in [5.41, 5.74) is 0. The highest BCUT2D eigenvalue weighted by molar-refractivity contribution is 7.12. The largest absolute Gasteiger partial charge is 0.374 e. The number of morpholine rings is 1. The Morgan fingerprint density at radius 2 is 2.25 bits per heavy atom. The van der Waals surface area contributed by atoms with Crippen LogP contribution in [0.15, 0.2) is 12.1 Å². The van der Waals surface area contributed by atoms with Crippen LogP contribution in [0.3, 0.4) is 0 Å². The normalized spacial score (nSPS) is 22.4. The number of ether oxygens (including phenoxy) is 1. The molecule has 2 heterocycles. The minimum absolute atomic E-state index is 0.260. The van der Waals surface area contributed by atoms with Crippen molar-refractivity contribution < 1.29 is 4.74 Å². The first-order chi connectivity index (χ1) is 9.61. The zero-order chi connectivity index (χ0) is 14.5. The Labute approximate surface area is 127 Å². The predicted molar refractivity (Wildman–Crippen MR) is 86.5 cm³/mol. The number of aryl methyl sites for hydroxylation is 1. The quantitative estimate of drug-likeness (QED) is 0.872. The van der Waals surface area contributed by atoms with Crippen molar-refractivity contribution in [1.29, 1.82) is 0 Å². The van der Waals surface area contributed by atoms with Crippen molar-refractivity contribution in [2.45, 2.75) is 52.3 Å². The van der Waals surface area contributed by atoms with Gasteiger partial charge in [0.15, 0.2) is 0 Å². The summed E-state index contributed by atoms with van der Waals surface area (Å²) >= 11 is 1.89. The molecule has 1 saturated heterocycles. The van der Waals surface area contributed by atoms with Gasteiger partial charge in [-0.25, -0.2) is 0 Å². The average molecular weight is 296 g/mol. The first kappa shape index (κ1) is 16.0. The Bertz CT molecular complexity index is 405. The molecule has 20 heavy (non-hydrogen) atoms. The molecule has 1 aromatic rings. The van der Waals surface area contributed by atoms with Gasteiger partial charge in [0.25, 0.3) is 0 Å². The van der Waals surface area contributed by atoms with Gasteiger partial charge in [-0.15, -0.1) is 11.3 Å². The summed E-state index contributed by atoms with van der Waals surface area (Å²) in [7, 11) is 0. The van der Waals surface area contributed by atoms with E-state index >= 15 is 0 Å². The van der Waals surface area contributed by atoms with Gasteiger partial charge in [0.1, 0.15) is 0 Å². The molecule has 0 radical (unpaired) electrons. The molecule has 2 atom stereocenters. The second-order valence-corrected chi connectivity index (χ2v) is 7.20. The smallest absolute Gasteiger partial charge is 0.0905 e. The van der Waals surface area contributed by atoms with E-state index in [1.165, 1.54) is 9.75 Å². The van der Waals surface area contributed by atoms with Crippen LogP contribution in [0.1, 0.15) is 43.0 Å². The minimum Gasteiger partial charge on any atom is -0.374 e. The van der Waals surface area contributed by atoms with E-state index in [1.807, 2.05) is 11.3 Å². The Balaban J connectivity index is 2.09. The van der Waals surface area contributed by atoms with Gasteiger partial charge < -0.3 is 10.1 Å². The Morgan fingerprint density at radius 3 is 2.85 bits per heavy atom. The van der Waals surface area contributed by atoms with Gasteiger partial charge in [0.05, 0.1) is 18.8 Å². The second kappa shape index (κ2) is 7.55. The lowest BCUT2D eigenvalue weighted by Crippen LogP contribution is -2.50. The number of nitrogens with one attached hydrogen (secondary N) is 1. The van der Waals surface area contributed by atoms with Crippen LogP contribution in [0.25, 0.3) is 0 Å². The first-order valence-corrected chi connectivity index (χ1v) is 8.58. The summed E-state index contributed by atoms with van der Waals surface area (Å²) in [6, 6.07) is 5.39. The molecule has 0 amide bonds.